The molecule has 0 spiro atoms. The lowest BCUT2D eigenvalue weighted by Gasteiger charge is -2.29. The molecule has 0 aromatic carbocycles. The molecule has 2 heterocycles. The molecule has 0 aliphatic carbocycles. The molecule has 8 nitrogen and oxygen atoms in total. The van der Waals surface area contributed by atoms with Crippen molar-refractivity contribution in [3.8, 4) is 6.07 Å². The van der Waals surface area contributed by atoms with Gasteiger partial charge in [0.05, 0.1) is 29.5 Å². The van der Waals surface area contributed by atoms with Crippen LogP contribution in [0.15, 0.2) is 5.10 Å². The summed E-state index contributed by atoms with van der Waals surface area (Å²) in [5, 5.41) is 14.3. The Balaban J connectivity index is 2.17. The first-order valence-electron chi connectivity index (χ1n) is 8.06. The van der Waals surface area contributed by atoms with Gasteiger partial charge >= 0.3 is 0 Å². The molecule has 2 aliphatic heterocycles. The van der Waals surface area contributed by atoms with Gasteiger partial charge in [0.25, 0.3) is 5.91 Å². The molecule has 132 valence electrons. The lowest BCUT2D eigenvalue weighted by atomic mass is 10.1. The summed E-state index contributed by atoms with van der Waals surface area (Å²) < 4.78 is 23.2. The van der Waals surface area contributed by atoms with Crippen LogP contribution in [0.3, 0.4) is 0 Å². The highest BCUT2D eigenvalue weighted by molar-refractivity contribution is 7.91. The van der Waals surface area contributed by atoms with Crippen molar-refractivity contribution in [2.45, 2.75) is 39.2 Å². The van der Waals surface area contributed by atoms with Gasteiger partial charge in [-0.05, 0) is 20.3 Å². The van der Waals surface area contributed by atoms with E-state index in [0.717, 1.165) is 0 Å². The zero-order valence-corrected chi connectivity index (χ0v) is 14.8. The van der Waals surface area contributed by atoms with E-state index in [1.54, 1.807) is 6.92 Å². The molecule has 0 radical (unpaired) electrons. The van der Waals surface area contributed by atoms with Gasteiger partial charge in [-0.15, -0.1) is 0 Å². The fraction of sp³-hybridized carbons (Fsp3) is 0.733. The van der Waals surface area contributed by atoms with Gasteiger partial charge in [0.1, 0.15) is 5.71 Å². The maximum absolute atomic E-state index is 12.6. The van der Waals surface area contributed by atoms with E-state index in [4.69, 9.17) is 5.26 Å². The summed E-state index contributed by atoms with van der Waals surface area (Å²) >= 11 is 0. The minimum absolute atomic E-state index is 0.0427. The monoisotopic (exact) mass is 354 g/mol. The zero-order chi connectivity index (χ0) is 17.9. The summed E-state index contributed by atoms with van der Waals surface area (Å²) in [5.41, 5.74) is 0.255. The molecule has 1 saturated heterocycles. The number of carbonyl (C=O) groups excluding carboxylic acids is 2. The number of rotatable bonds is 5. The van der Waals surface area contributed by atoms with E-state index in [2.05, 4.69) is 11.2 Å². The molecule has 2 rings (SSSR count). The van der Waals surface area contributed by atoms with Crippen LogP contribution in [-0.2, 0) is 19.4 Å². The highest BCUT2D eigenvalue weighted by Gasteiger charge is 2.37. The van der Waals surface area contributed by atoms with Crippen LogP contribution in [0.5, 0.6) is 0 Å². The number of nitriles is 1. The molecule has 0 bridgehead atoms. The predicted octanol–water partition coefficient (Wildman–Crippen LogP) is 0.160. The van der Waals surface area contributed by atoms with Crippen molar-refractivity contribution in [1.29, 1.82) is 5.26 Å². The van der Waals surface area contributed by atoms with Gasteiger partial charge in [0.15, 0.2) is 9.84 Å². The van der Waals surface area contributed by atoms with Crippen molar-refractivity contribution in [3.63, 3.8) is 0 Å². The number of amides is 2. The van der Waals surface area contributed by atoms with E-state index in [0.29, 0.717) is 19.5 Å². The predicted molar refractivity (Wildman–Crippen MR) is 87.6 cm³/mol. The third-order valence-electron chi connectivity index (χ3n) is 4.24. The highest BCUT2D eigenvalue weighted by Crippen LogP contribution is 2.22. The lowest BCUT2D eigenvalue weighted by Crippen LogP contribution is -2.45. The van der Waals surface area contributed by atoms with E-state index in [1.165, 1.54) is 9.91 Å². The fourth-order valence-corrected chi connectivity index (χ4v) is 4.58. The molecular weight excluding hydrogens is 332 g/mol. The Morgan fingerprint density at radius 3 is 2.75 bits per heavy atom. The Hall–Kier alpha value is -1.95. The van der Waals surface area contributed by atoms with Crippen molar-refractivity contribution in [2.24, 2.45) is 11.0 Å². The first-order chi connectivity index (χ1) is 11.3. The Bertz CT molecular complexity index is 695. The molecule has 2 atom stereocenters. The molecule has 0 aromatic rings. The Kier molecular flexibility index (Phi) is 5.59. The van der Waals surface area contributed by atoms with E-state index in [9.17, 15) is 18.0 Å². The van der Waals surface area contributed by atoms with Gasteiger partial charge in [-0.2, -0.15) is 10.4 Å². The molecule has 1 fully saturated rings. The molecule has 2 unspecified atom stereocenters. The van der Waals surface area contributed by atoms with Crippen LogP contribution >= 0.6 is 0 Å². The average molecular weight is 354 g/mol. The SMILES string of the molecule is CCN(CC(C)C#N)C(=O)C1=NN(C2CCS(=O)(=O)C2)C(=O)CC1. The largest absolute Gasteiger partial charge is 0.337 e. The second-order valence-electron chi connectivity index (χ2n) is 6.22. The van der Waals surface area contributed by atoms with Crippen LogP contribution in [0.2, 0.25) is 0 Å². The first kappa shape index (κ1) is 18.4. The Labute approximate surface area is 142 Å². The Morgan fingerprint density at radius 1 is 1.50 bits per heavy atom. The maximum Gasteiger partial charge on any atom is 0.270 e. The van der Waals surface area contributed by atoms with Crippen molar-refractivity contribution in [1.82, 2.24) is 9.91 Å². The van der Waals surface area contributed by atoms with Crippen LogP contribution in [0, 0.1) is 17.2 Å². The molecule has 0 saturated carbocycles. The molecule has 0 N–H and O–H groups in total. The van der Waals surface area contributed by atoms with Gasteiger partial charge in [-0.1, -0.05) is 0 Å². The lowest BCUT2D eigenvalue weighted by molar-refractivity contribution is -0.134. The molecule has 2 amide bonds. The molecule has 0 aromatic heterocycles. The Morgan fingerprint density at radius 2 is 2.21 bits per heavy atom. The van der Waals surface area contributed by atoms with Gasteiger partial charge < -0.3 is 4.90 Å². The molecule has 2 aliphatic rings. The maximum atomic E-state index is 12.6. The van der Waals surface area contributed by atoms with Gasteiger partial charge in [-0.3, -0.25) is 9.59 Å². The minimum atomic E-state index is -3.14. The molecule has 24 heavy (non-hydrogen) atoms. The fourth-order valence-electron chi connectivity index (χ4n) is 2.89. The van der Waals surface area contributed by atoms with Crippen LogP contribution in [0.4, 0.5) is 0 Å². The van der Waals surface area contributed by atoms with Gasteiger partial charge in [-0.25, -0.2) is 13.4 Å². The third kappa shape index (κ3) is 4.12. The number of carbonyl (C=O) groups is 2. The first-order valence-corrected chi connectivity index (χ1v) is 9.88. The van der Waals surface area contributed by atoms with Crippen molar-refractivity contribution in [2.75, 3.05) is 24.6 Å². The van der Waals surface area contributed by atoms with E-state index in [1.807, 2.05) is 6.92 Å². The topological polar surface area (TPSA) is 111 Å². The van der Waals surface area contributed by atoms with Gasteiger partial charge in [0, 0.05) is 25.9 Å². The number of sulfone groups is 1. The summed E-state index contributed by atoms with van der Waals surface area (Å²) in [6, 6.07) is 1.60. The van der Waals surface area contributed by atoms with Crippen LogP contribution in [-0.4, -0.2) is 66.5 Å². The zero-order valence-electron chi connectivity index (χ0n) is 13.9. The summed E-state index contributed by atoms with van der Waals surface area (Å²) in [7, 11) is -3.14. The van der Waals surface area contributed by atoms with Crippen molar-refractivity contribution >= 4 is 27.4 Å². The van der Waals surface area contributed by atoms with E-state index < -0.39 is 15.9 Å². The van der Waals surface area contributed by atoms with Crippen LogP contribution < -0.4 is 0 Å². The summed E-state index contributed by atoms with van der Waals surface area (Å²) in [6.07, 6.45) is 0.736. The second kappa shape index (κ2) is 7.30. The summed E-state index contributed by atoms with van der Waals surface area (Å²) in [6.45, 7) is 4.29. The smallest absolute Gasteiger partial charge is 0.270 e. The standard InChI is InChI=1S/C15H22N4O4S/c1-3-18(9-11(2)8-16)15(21)13-4-5-14(20)19(17-13)12-6-7-24(22,23)10-12/h11-12H,3-7,9-10H2,1-2H3. The van der Waals surface area contributed by atoms with Crippen molar-refractivity contribution in [3.05, 3.63) is 0 Å². The second-order valence-corrected chi connectivity index (χ2v) is 8.44. The summed E-state index contributed by atoms with van der Waals surface area (Å²) in [5.74, 6) is -0.899. The van der Waals surface area contributed by atoms with Crippen LogP contribution in [0.1, 0.15) is 33.1 Å². The third-order valence-corrected chi connectivity index (χ3v) is 5.99. The number of hydrogen-bond donors (Lipinski definition) is 0. The van der Waals surface area contributed by atoms with Gasteiger partial charge in [0.2, 0.25) is 5.91 Å². The van der Waals surface area contributed by atoms with Crippen molar-refractivity contribution < 1.29 is 18.0 Å². The van der Waals surface area contributed by atoms with E-state index >= 15 is 0 Å². The summed E-state index contributed by atoms with van der Waals surface area (Å²) in [4.78, 5) is 26.2. The number of hydrazone groups is 1. The minimum Gasteiger partial charge on any atom is -0.337 e. The number of nitrogens with zero attached hydrogens (tertiary/aromatic N) is 4. The highest BCUT2D eigenvalue weighted by atomic mass is 32.2. The molecule has 9 heteroatoms. The average Bonchev–Trinajstić information content (AvgIpc) is 2.91. The van der Waals surface area contributed by atoms with Crippen LogP contribution in [0.25, 0.3) is 0 Å². The molecular formula is C15H22N4O4S. The quantitative estimate of drug-likeness (QED) is 0.698. The number of hydrogen-bond acceptors (Lipinski definition) is 6. The normalized spacial score (nSPS) is 24.2. The van der Waals surface area contributed by atoms with E-state index in [-0.39, 0.29) is 47.8 Å².